The van der Waals surface area contributed by atoms with Gasteiger partial charge in [-0.1, -0.05) is 18.2 Å². The summed E-state index contributed by atoms with van der Waals surface area (Å²) in [6.07, 6.45) is 2.06. The fraction of sp³-hybridized carbons (Fsp3) is 0.471. The van der Waals surface area contributed by atoms with Gasteiger partial charge in [-0.3, -0.25) is 9.59 Å². The van der Waals surface area contributed by atoms with Crippen molar-refractivity contribution in [3.8, 4) is 0 Å². The highest BCUT2D eigenvalue weighted by molar-refractivity contribution is 6.11. The second-order valence-electron chi connectivity index (χ2n) is 6.49. The molecule has 3 aliphatic heterocycles. The molecule has 0 radical (unpaired) electrons. The maximum atomic E-state index is 12.9. The largest absolute Gasteiger partial charge is 0.328 e. The third-order valence-electron chi connectivity index (χ3n) is 5.10. The molecule has 3 fully saturated rings. The summed E-state index contributed by atoms with van der Waals surface area (Å²) >= 11 is 0. The van der Waals surface area contributed by atoms with Gasteiger partial charge in [-0.2, -0.15) is 0 Å². The topological polar surface area (TPSA) is 60.9 Å². The number of rotatable bonds is 2. The van der Waals surface area contributed by atoms with Crippen molar-refractivity contribution in [1.82, 2.24) is 9.80 Å². The summed E-state index contributed by atoms with van der Waals surface area (Å²) in [4.78, 5) is 42.5. The lowest BCUT2D eigenvalue weighted by molar-refractivity contribution is -0.133. The van der Waals surface area contributed by atoms with Crippen molar-refractivity contribution >= 4 is 23.5 Å². The van der Waals surface area contributed by atoms with Crippen LogP contribution in [-0.4, -0.2) is 52.3 Å². The molecule has 1 aromatic rings. The van der Waals surface area contributed by atoms with E-state index in [2.05, 4.69) is 0 Å². The van der Waals surface area contributed by atoms with Crippen LogP contribution in [0.1, 0.15) is 26.2 Å². The normalized spacial score (nSPS) is 30.6. The molecule has 3 heterocycles. The van der Waals surface area contributed by atoms with Gasteiger partial charge in [-0.25, -0.2) is 9.69 Å². The first-order chi connectivity index (χ1) is 11.1. The number of hydrogen-bond acceptors (Lipinski definition) is 3. The third-order valence-corrected chi connectivity index (χ3v) is 5.10. The third kappa shape index (κ3) is 1.97. The minimum absolute atomic E-state index is 0.0362. The van der Waals surface area contributed by atoms with Gasteiger partial charge >= 0.3 is 6.03 Å². The molecule has 0 saturated carbocycles. The van der Waals surface area contributed by atoms with Crippen molar-refractivity contribution < 1.29 is 14.4 Å². The zero-order valence-electron chi connectivity index (χ0n) is 13.0. The summed E-state index contributed by atoms with van der Waals surface area (Å²) < 4.78 is 0. The highest BCUT2D eigenvalue weighted by Crippen LogP contribution is 2.35. The van der Waals surface area contributed by atoms with Gasteiger partial charge in [0.15, 0.2) is 0 Å². The minimum atomic E-state index is -0.671. The van der Waals surface area contributed by atoms with Crippen molar-refractivity contribution in [2.24, 2.45) is 0 Å². The van der Waals surface area contributed by atoms with E-state index < -0.39 is 6.04 Å². The smallest absolute Gasteiger partial charge is 0.312 e. The lowest BCUT2D eigenvalue weighted by Gasteiger charge is -2.23. The molecule has 6 nitrogen and oxygen atoms in total. The lowest BCUT2D eigenvalue weighted by atomic mass is 10.1. The molecule has 6 heteroatoms. The molecule has 4 rings (SSSR count). The number of carbonyl (C=O) groups excluding carboxylic acids is 3. The van der Waals surface area contributed by atoms with Crippen LogP contribution in [0.2, 0.25) is 0 Å². The monoisotopic (exact) mass is 313 g/mol. The second kappa shape index (κ2) is 5.08. The molecule has 0 spiro atoms. The van der Waals surface area contributed by atoms with Gasteiger partial charge in [-0.05, 0) is 38.3 Å². The maximum Gasteiger partial charge on any atom is 0.328 e. The van der Waals surface area contributed by atoms with E-state index in [1.165, 1.54) is 4.90 Å². The van der Waals surface area contributed by atoms with Crippen LogP contribution in [-0.2, 0) is 9.59 Å². The Morgan fingerprint density at radius 2 is 1.65 bits per heavy atom. The zero-order valence-corrected chi connectivity index (χ0v) is 13.0. The van der Waals surface area contributed by atoms with Crippen molar-refractivity contribution in [2.45, 2.75) is 44.3 Å². The Morgan fingerprint density at radius 1 is 0.957 bits per heavy atom. The van der Waals surface area contributed by atoms with Crippen LogP contribution < -0.4 is 4.90 Å². The number of nitrogens with zero attached hydrogens (tertiary/aromatic N) is 3. The number of para-hydroxylation sites is 1. The molecule has 4 amide bonds. The average molecular weight is 313 g/mol. The number of carbonyl (C=O) groups is 3. The number of anilines is 1. The Kier molecular flexibility index (Phi) is 3.14. The van der Waals surface area contributed by atoms with E-state index in [0.717, 1.165) is 12.1 Å². The maximum absolute atomic E-state index is 12.9. The predicted molar refractivity (Wildman–Crippen MR) is 83.8 cm³/mol. The van der Waals surface area contributed by atoms with E-state index in [-0.39, 0.29) is 29.9 Å². The van der Waals surface area contributed by atoms with Crippen LogP contribution in [0.4, 0.5) is 10.5 Å². The molecule has 23 heavy (non-hydrogen) atoms. The highest BCUT2D eigenvalue weighted by Gasteiger charge is 2.54. The number of imide groups is 1. The molecule has 0 bridgehead atoms. The molecule has 3 atom stereocenters. The number of benzene rings is 1. The lowest BCUT2D eigenvalue weighted by Crippen LogP contribution is -2.46. The fourth-order valence-corrected chi connectivity index (χ4v) is 4.03. The van der Waals surface area contributed by atoms with E-state index in [9.17, 15) is 14.4 Å². The number of urea groups is 1. The van der Waals surface area contributed by atoms with Gasteiger partial charge in [-0.15, -0.1) is 0 Å². The molecule has 0 N–H and O–H groups in total. The van der Waals surface area contributed by atoms with Crippen LogP contribution in [0.5, 0.6) is 0 Å². The summed E-state index contributed by atoms with van der Waals surface area (Å²) in [7, 11) is 0. The quantitative estimate of drug-likeness (QED) is 0.779. The molecular weight excluding hydrogens is 294 g/mol. The van der Waals surface area contributed by atoms with Gasteiger partial charge in [0, 0.05) is 18.3 Å². The SMILES string of the molecule is C[C@H]1C[C@H](N2C(=O)[C@@H]3CCCN3C2=O)C(=O)N1c1ccccc1. The fourth-order valence-electron chi connectivity index (χ4n) is 4.03. The Hall–Kier alpha value is -2.37. The molecule has 1 aromatic carbocycles. The molecule has 0 aliphatic carbocycles. The predicted octanol–water partition coefficient (Wildman–Crippen LogP) is 1.61. The van der Waals surface area contributed by atoms with Gasteiger partial charge in [0.2, 0.25) is 0 Å². The Bertz CT molecular complexity index is 653. The van der Waals surface area contributed by atoms with Crippen LogP contribution in [0, 0.1) is 0 Å². The first-order valence-electron chi connectivity index (χ1n) is 8.11. The van der Waals surface area contributed by atoms with Gasteiger partial charge in [0.05, 0.1) is 0 Å². The number of amides is 4. The van der Waals surface area contributed by atoms with Gasteiger partial charge < -0.3 is 9.80 Å². The van der Waals surface area contributed by atoms with E-state index >= 15 is 0 Å². The molecule has 0 unspecified atom stereocenters. The van der Waals surface area contributed by atoms with Crippen LogP contribution in [0.3, 0.4) is 0 Å². The zero-order chi connectivity index (χ0) is 16.1. The van der Waals surface area contributed by atoms with Crippen molar-refractivity contribution in [3.05, 3.63) is 30.3 Å². The van der Waals surface area contributed by atoms with Crippen LogP contribution in [0.15, 0.2) is 30.3 Å². The minimum Gasteiger partial charge on any atom is -0.312 e. The first kappa shape index (κ1) is 14.2. The second-order valence-corrected chi connectivity index (χ2v) is 6.49. The Labute approximate surface area is 134 Å². The molecule has 120 valence electrons. The summed E-state index contributed by atoms with van der Waals surface area (Å²) in [5.74, 6) is -0.362. The van der Waals surface area contributed by atoms with Crippen molar-refractivity contribution in [3.63, 3.8) is 0 Å². The molecule has 3 aliphatic rings. The van der Waals surface area contributed by atoms with E-state index in [0.29, 0.717) is 19.4 Å². The average Bonchev–Trinajstić information content (AvgIpc) is 3.19. The molecule has 0 aromatic heterocycles. The van der Waals surface area contributed by atoms with E-state index in [1.54, 1.807) is 9.80 Å². The van der Waals surface area contributed by atoms with E-state index in [1.807, 2.05) is 37.3 Å². The van der Waals surface area contributed by atoms with Crippen LogP contribution >= 0.6 is 0 Å². The standard InChI is InChI=1S/C17H19N3O3/c1-11-10-14(16(22)19(11)12-6-3-2-4-7-12)20-15(21)13-8-5-9-18(13)17(20)23/h2-4,6-7,11,13-14H,5,8-10H2,1H3/t11-,13-,14-/m0/s1. The molecular formula is C17H19N3O3. The van der Waals surface area contributed by atoms with Crippen molar-refractivity contribution in [1.29, 1.82) is 0 Å². The van der Waals surface area contributed by atoms with E-state index in [4.69, 9.17) is 0 Å². The first-order valence-corrected chi connectivity index (χ1v) is 8.11. The Balaban J connectivity index is 1.63. The van der Waals surface area contributed by atoms with Gasteiger partial charge in [0.25, 0.3) is 11.8 Å². The summed E-state index contributed by atoms with van der Waals surface area (Å²) in [6, 6.07) is 8.06. The number of fused-ring (bicyclic) bond motifs is 1. The highest BCUT2D eigenvalue weighted by atomic mass is 16.2. The number of hydrogen-bond donors (Lipinski definition) is 0. The molecule has 3 saturated heterocycles. The van der Waals surface area contributed by atoms with Crippen molar-refractivity contribution in [2.75, 3.05) is 11.4 Å². The summed E-state index contributed by atoms with van der Waals surface area (Å²) in [5, 5.41) is 0. The van der Waals surface area contributed by atoms with Crippen LogP contribution in [0.25, 0.3) is 0 Å². The Morgan fingerprint density at radius 3 is 2.35 bits per heavy atom. The summed E-state index contributed by atoms with van der Waals surface area (Å²) in [6.45, 7) is 2.57. The van der Waals surface area contributed by atoms with Gasteiger partial charge in [0.1, 0.15) is 12.1 Å². The summed E-state index contributed by atoms with van der Waals surface area (Å²) in [5.41, 5.74) is 0.812.